The second kappa shape index (κ2) is 6.37. The lowest BCUT2D eigenvalue weighted by Gasteiger charge is -2.23. The fourth-order valence-corrected chi connectivity index (χ4v) is 1.89. The summed E-state index contributed by atoms with van der Waals surface area (Å²) in [5, 5.41) is 9.14. The van der Waals surface area contributed by atoms with Crippen molar-refractivity contribution in [1.82, 2.24) is 0 Å². The van der Waals surface area contributed by atoms with E-state index in [2.05, 4.69) is 0 Å². The average molecular weight is 304 g/mol. The van der Waals surface area contributed by atoms with E-state index in [-0.39, 0.29) is 17.8 Å². The Morgan fingerprint density at radius 1 is 1.19 bits per heavy atom. The van der Waals surface area contributed by atoms with Crippen LogP contribution < -0.4 is 4.74 Å². The quantitative estimate of drug-likeness (QED) is 0.886. The topological polar surface area (TPSA) is 46.5 Å². The van der Waals surface area contributed by atoms with Crippen molar-refractivity contribution >= 4 is 5.97 Å². The van der Waals surface area contributed by atoms with Crippen molar-refractivity contribution in [3.8, 4) is 5.75 Å². The van der Waals surface area contributed by atoms with Crippen molar-refractivity contribution < 1.29 is 27.8 Å². The third-order valence-corrected chi connectivity index (χ3v) is 2.84. The minimum absolute atomic E-state index is 0.0715. The van der Waals surface area contributed by atoms with E-state index in [1.54, 1.807) is 0 Å². The first-order valence-corrected chi connectivity index (χ1v) is 6.52. The predicted octanol–water partition coefficient (Wildman–Crippen LogP) is 4.22. The highest BCUT2D eigenvalue weighted by atomic mass is 19.4. The van der Waals surface area contributed by atoms with Crippen LogP contribution >= 0.6 is 0 Å². The first-order valence-electron chi connectivity index (χ1n) is 6.52. The molecule has 0 aromatic heterocycles. The fraction of sp³-hybridized carbons (Fsp3) is 0.533. The molecule has 0 aliphatic rings. The molecule has 0 bridgehead atoms. The summed E-state index contributed by atoms with van der Waals surface area (Å²) >= 11 is 0. The SMILES string of the molecule is CC(C)(C)CC(COc1ccc(C(F)(F)F)cc1)C(=O)O. The number of ether oxygens (including phenoxy) is 1. The van der Waals surface area contributed by atoms with Gasteiger partial charge in [-0.05, 0) is 36.1 Å². The molecule has 1 aromatic rings. The Hall–Kier alpha value is -1.72. The number of aliphatic carboxylic acids is 1. The maximum absolute atomic E-state index is 12.4. The molecule has 6 heteroatoms. The average Bonchev–Trinajstić information content (AvgIpc) is 2.32. The highest BCUT2D eigenvalue weighted by Gasteiger charge is 2.30. The molecule has 1 unspecified atom stereocenters. The summed E-state index contributed by atoms with van der Waals surface area (Å²) in [6.07, 6.45) is -3.97. The van der Waals surface area contributed by atoms with E-state index >= 15 is 0 Å². The number of hydrogen-bond acceptors (Lipinski definition) is 2. The second-order valence-corrected chi connectivity index (χ2v) is 6.13. The minimum Gasteiger partial charge on any atom is -0.493 e. The Balaban J connectivity index is 2.66. The Labute approximate surface area is 121 Å². The number of halogens is 3. The van der Waals surface area contributed by atoms with Gasteiger partial charge in [-0.15, -0.1) is 0 Å². The summed E-state index contributed by atoms with van der Waals surface area (Å²) in [6, 6.07) is 4.21. The molecule has 0 aliphatic heterocycles. The van der Waals surface area contributed by atoms with Gasteiger partial charge in [0.25, 0.3) is 0 Å². The van der Waals surface area contributed by atoms with Gasteiger partial charge in [0.2, 0.25) is 0 Å². The molecule has 118 valence electrons. The summed E-state index contributed by atoms with van der Waals surface area (Å²) in [6.45, 7) is 5.68. The number of carboxylic acids is 1. The summed E-state index contributed by atoms with van der Waals surface area (Å²) in [5.41, 5.74) is -0.939. The first-order chi connectivity index (χ1) is 9.49. The number of benzene rings is 1. The van der Waals surface area contributed by atoms with E-state index in [0.717, 1.165) is 12.1 Å². The molecule has 0 spiro atoms. The smallest absolute Gasteiger partial charge is 0.416 e. The Morgan fingerprint density at radius 3 is 2.10 bits per heavy atom. The molecule has 1 aromatic carbocycles. The molecule has 1 atom stereocenters. The van der Waals surface area contributed by atoms with E-state index in [9.17, 15) is 18.0 Å². The Bertz CT molecular complexity index is 472. The van der Waals surface area contributed by atoms with Crippen molar-refractivity contribution in [3.63, 3.8) is 0 Å². The molecule has 0 radical (unpaired) electrons. The van der Waals surface area contributed by atoms with E-state index in [0.29, 0.717) is 6.42 Å². The number of carbonyl (C=O) groups is 1. The lowest BCUT2D eigenvalue weighted by atomic mass is 9.85. The van der Waals surface area contributed by atoms with Gasteiger partial charge in [0, 0.05) is 0 Å². The lowest BCUT2D eigenvalue weighted by Crippen LogP contribution is -2.26. The molecule has 21 heavy (non-hydrogen) atoms. The maximum Gasteiger partial charge on any atom is 0.416 e. The van der Waals surface area contributed by atoms with Gasteiger partial charge in [-0.3, -0.25) is 4.79 Å². The monoisotopic (exact) mass is 304 g/mol. The zero-order chi connectivity index (χ0) is 16.3. The molecule has 3 nitrogen and oxygen atoms in total. The molecule has 0 saturated heterocycles. The van der Waals surface area contributed by atoms with Gasteiger partial charge in [-0.25, -0.2) is 0 Å². The minimum atomic E-state index is -4.39. The maximum atomic E-state index is 12.4. The first kappa shape index (κ1) is 17.3. The van der Waals surface area contributed by atoms with E-state index in [1.807, 2.05) is 20.8 Å². The molecular formula is C15H19F3O3. The van der Waals surface area contributed by atoms with Crippen molar-refractivity contribution in [1.29, 1.82) is 0 Å². The van der Waals surface area contributed by atoms with Crippen LogP contribution in [0, 0.1) is 11.3 Å². The highest BCUT2D eigenvalue weighted by Crippen LogP contribution is 2.30. The largest absolute Gasteiger partial charge is 0.493 e. The Morgan fingerprint density at radius 2 is 1.71 bits per heavy atom. The molecule has 0 amide bonds. The van der Waals surface area contributed by atoms with Gasteiger partial charge in [0.15, 0.2) is 0 Å². The van der Waals surface area contributed by atoms with Gasteiger partial charge in [-0.1, -0.05) is 20.8 Å². The highest BCUT2D eigenvalue weighted by molar-refractivity contribution is 5.70. The van der Waals surface area contributed by atoms with Crippen LogP contribution in [0.5, 0.6) is 5.75 Å². The van der Waals surface area contributed by atoms with Gasteiger partial charge >= 0.3 is 12.1 Å². The van der Waals surface area contributed by atoms with Crippen LogP contribution in [0.25, 0.3) is 0 Å². The normalized spacial score (nSPS) is 13.8. The number of alkyl halides is 3. The van der Waals surface area contributed by atoms with E-state index in [1.165, 1.54) is 12.1 Å². The second-order valence-electron chi connectivity index (χ2n) is 6.13. The van der Waals surface area contributed by atoms with Gasteiger partial charge in [0.1, 0.15) is 12.4 Å². The number of carboxylic acid groups (broad SMARTS) is 1. The number of hydrogen-bond donors (Lipinski definition) is 1. The molecular weight excluding hydrogens is 285 g/mol. The fourth-order valence-electron chi connectivity index (χ4n) is 1.89. The van der Waals surface area contributed by atoms with Gasteiger partial charge in [-0.2, -0.15) is 13.2 Å². The van der Waals surface area contributed by atoms with E-state index < -0.39 is 23.6 Å². The number of rotatable bonds is 5. The van der Waals surface area contributed by atoms with Crippen LogP contribution in [0.1, 0.15) is 32.8 Å². The van der Waals surface area contributed by atoms with Crippen molar-refractivity contribution in [2.24, 2.45) is 11.3 Å². The van der Waals surface area contributed by atoms with Crippen LogP contribution in [-0.4, -0.2) is 17.7 Å². The zero-order valence-corrected chi connectivity index (χ0v) is 12.2. The Kier molecular flexibility index (Phi) is 5.25. The lowest BCUT2D eigenvalue weighted by molar-refractivity contribution is -0.144. The molecule has 0 fully saturated rings. The standard InChI is InChI=1S/C15H19F3O3/c1-14(2,3)8-10(13(19)20)9-21-12-6-4-11(5-7-12)15(16,17)18/h4-7,10H,8-9H2,1-3H3,(H,19,20). The summed E-state index contributed by atoms with van der Waals surface area (Å²) < 4.78 is 42.5. The molecule has 0 saturated carbocycles. The summed E-state index contributed by atoms with van der Waals surface area (Å²) in [5.74, 6) is -1.45. The van der Waals surface area contributed by atoms with Crippen LogP contribution in [0.15, 0.2) is 24.3 Å². The van der Waals surface area contributed by atoms with Crippen LogP contribution in [0.2, 0.25) is 0 Å². The zero-order valence-electron chi connectivity index (χ0n) is 12.2. The molecule has 0 heterocycles. The summed E-state index contributed by atoms with van der Waals surface area (Å²) in [4.78, 5) is 11.2. The van der Waals surface area contributed by atoms with Crippen LogP contribution in [0.3, 0.4) is 0 Å². The van der Waals surface area contributed by atoms with E-state index in [4.69, 9.17) is 9.84 Å². The van der Waals surface area contributed by atoms with Crippen molar-refractivity contribution in [2.75, 3.05) is 6.61 Å². The third-order valence-electron chi connectivity index (χ3n) is 2.84. The van der Waals surface area contributed by atoms with Crippen LogP contribution in [-0.2, 0) is 11.0 Å². The van der Waals surface area contributed by atoms with Crippen LogP contribution in [0.4, 0.5) is 13.2 Å². The third kappa shape index (κ3) is 6.06. The molecule has 1 N–H and O–H groups in total. The van der Waals surface area contributed by atoms with Crippen molar-refractivity contribution in [2.45, 2.75) is 33.4 Å². The van der Waals surface area contributed by atoms with Gasteiger partial charge in [0.05, 0.1) is 11.5 Å². The van der Waals surface area contributed by atoms with Gasteiger partial charge < -0.3 is 9.84 Å². The predicted molar refractivity (Wildman–Crippen MR) is 72.1 cm³/mol. The molecule has 1 rings (SSSR count). The summed E-state index contributed by atoms with van der Waals surface area (Å²) in [7, 11) is 0. The van der Waals surface area contributed by atoms with Crippen molar-refractivity contribution in [3.05, 3.63) is 29.8 Å². The molecule has 0 aliphatic carbocycles.